The number of rotatable bonds is 5. The molecule has 16 heavy (non-hydrogen) atoms. The molecule has 0 atom stereocenters. The van der Waals surface area contributed by atoms with Crippen molar-refractivity contribution in [3.8, 4) is 0 Å². The molecule has 0 aliphatic rings. The highest BCUT2D eigenvalue weighted by Gasteiger charge is 1.98. The van der Waals surface area contributed by atoms with Gasteiger partial charge in [-0.3, -0.25) is 0 Å². The van der Waals surface area contributed by atoms with Crippen LogP contribution in [-0.4, -0.2) is 24.3 Å². The van der Waals surface area contributed by atoms with Gasteiger partial charge in [-0.05, 0) is 23.8 Å². The van der Waals surface area contributed by atoms with Gasteiger partial charge in [0.15, 0.2) is 0 Å². The second-order valence-corrected chi connectivity index (χ2v) is 4.06. The fourth-order valence-corrected chi connectivity index (χ4v) is 1.77. The van der Waals surface area contributed by atoms with E-state index in [-0.39, 0.29) is 0 Å². The zero-order chi connectivity index (χ0) is 12.0. The Kier molecular flexibility index (Phi) is 5.38. The topological polar surface area (TPSA) is 61.4 Å². The zero-order valence-electron chi connectivity index (χ0n) is 8.46. The monoisotopic (exact) mass is 262 g/mol. The number of carboxylic acid groups (broad SMARTS) is 1. The maximum atomic E-state index is 10.1. The van der Waals surface area contributed by atoms with E-state index < -0.39 is 6.09 Å². The molecule has 0 aliphatic carbocycles. The summed E-state index contributed by atoms with van der Waals surface area (Å²) in [5.41, 5.74) is 0.966. The predicted octanol–water partition coefficient (Wildman–Crippen LogP) is 2.35. The molecular weight excluding hydrogens is 251 g/mol. The molecule has 4 nitrogen and oxygen atoms in total. The third-order valence-corrected chi connectivity index (χ3v) is 2.27. The molecule has 0 fully saturated rings. The van der Waals surface area contributed by atoms with Crippen LogP contribution in [0.4, 0.5) is 4.79 Å². The Labute approximate surface area is 104 Å². The Bertz CT molecular complexity index is 352. The minimum absolute atomic E-state index is 0.365. The van der Waals surface area contributed by atoms with E-state index in [1.165, 1.54) is 0 Å². The highest BCUT2D eigenvalue weighted by atomic mass is 35.5. The van der Waals surface area contributed by atoms with Crippen LogP contribution in [0.15, 0.2) is 18.2 Å². The second-order valence-electron chi connectivity index (χ2n) is 3.19. The third-order valence-electron chi connectivity index (χ3n) is 1.83. The molecule has 88 valence electrons. The van der Waals surface area contributed by atoms with Crippen molar-refractivity contribution in [2.75, 3.05) is 13.1 Å². The molecule has 3 N–H and O–H groups in total. The Morgan fingerprint density at radius 2 is 1.81 bits per heavy atom. The van der Waals surface area contributed by atoms with Crippen molar-refractivity contribution in [2.45, 2.75) is 6.54 Å². The van der Waals surface area contributed by atoms with Gasteiger partial charge in [0.1, 0.15) is 0 Å². The van der Waals surface area contributed by atoms with Crippen LogP contribution in [0, 0.1) is 0 Å². The summed E-state index contributed by atoms with van der Waals surface area (Å²) in [6, 6.07) is 5.29. The van der Waals surface area contributed by atoms with Gasteiger partial charge in [0.2, 0.25) is 0 Å². The van der Waals surface area contributed by atoms with Crippen LogP contribution in [0.25, 0.3) is 0 Å². The lowest BCUT2D eigenvalue weighted by Crippen LogP contribution is -2.30. The van der Waals surface area contributed by atoms with Gasteiger partial charge in [-0.15, -0.1) is 0 Å². The number of carbonyl (C=O) groups is 1. The summed E-state index contributed by atoms with van der Waals surface area (Å²) >= 11 is 11.7. The SMILES string of the molecule is O=C(O)NCCNCc1cc(Cl)cc(Cl)c1. The molecule has 0 spiro atoms. The van der Waals surface area contributed by atoms with E-state index in [0.29, 0.717) is 29.7 Å². The van der Waals surface area contributed by atoms with Crippen LogP contribution >= 0.6 is 23.2 Å². The highest BCUT2D eigenvalue weighted by molar-refractivity contribution is 6.34. The van der Waals surface area contributed by atoms with Gasteiger partial charge >= 0.3 is 6.09 Å². The van der Waals surface area contributed by atoms with E-state index >= 15 is 0 Å². The minimum Gasteiger partial charge on any atom is -0.465 e. The van der Waals surface area contributed by atoms with Crippen LogP contribution in [0.3, 0.4) is 0 Å². The molecule has 1 aromatic rings. The van der Waals surface area contributed by atoms with E-state index in [4.69, 9.17) is 28.3 Å². The van der Waals surface area contributed by atoms with Gasteiger partial charge < -0.3 is 15.7 Å². The van der Waals surface area contributed by atoms with Crippen molar-refractivity contribution >= 4 is 29.3 Å². The molecule has 6 heteroatoms. The molecule has 0 saturated heterocycles. The average molecular weight is 263 g/mol. The van der Waals surface area contributed by atoms with Gasteiger partial charge in [-0.1, -0.05) is 23.2 Å². The lowest BCUT2D eigenvalue weighted by molar-refractivity contribution is 0.194. The summed E-state index contributed by atoms with van der Waals surface area (Å²) in [6.45, 7) is 1.52. The molecule has 0 aromatic heterocycles. The summed E-state index contributed by atoms with van der Waals surface area (Å²) in [7, 11) is 0. The van der Waals surface area contributed by atoms with Gasteiger partial charge in [-0.2, -0.15) is 0 Å². The van der Waals surface area contributed by atoms with E-state index in [9.17, 15) is 4.79 Å². The van der Waals surface area contributed by atoms with Crippen molar-refractivity contribution in [1.29, 1.82) is 0 Å². The first-order chi connectivity index (χ1) is 7.58. The average Bonchev–Trinajstić information content (AvgIpc) is 2.15. The van der Waals surface area contributed by atoms with E-state index in [0.717, 1.165) is 5.56 Å². The first-order valence-electron chi connectivity index (χ1n) is 4.70. The Morgan fingerprint density at radius 1 is 1.19 bits per heavy atom. The molecule has 0 heterocycles. The molecular formula is C10H12Cl2N2O2. The molecule has 1 amide bonds. The quantitative estimate of drug-likeness (QED) is 0.714. The van der Waals surface area contributed by atoms with Crippen molar-refractivity contribution in [3.05, 3.63) is 33.8 Å². The molecule has 1 rings (SSSR count). The Balaban J connectivity index is 2.29. The Morgan fingerprint density at radius 3 is 2.38 bits per heavy atom. The van der Waals surface area contributed by atoms with Crippen molar-refractivity contribution in [3.63, 3.8) is 0 Å². The second kappa shape index (κ2) is 6.58. The van der Waals surface area contributed by atoms with Gasteiger partial charge in [0, 0.05) is 29.7 Å². The van der Waals surface area contributed by atoms with Crippen LogP contribution < -0.4 is 10.6 Å². The fraction of sp³-hybridized carbons (Fsp3) is 0.300. The maximum absolute atomic E-state index is 10.1. The lowest BCUT2D eigenvalue weighted by Gasteiger charge is -2.06. The normalized spacial score (nSPS) is 10.1. The van der Waals surface area contributed by atoms with Gasteiger partial charge in [-0.25, -0.2) is 4.79 Å². The number of nitrogens with one attached hydrogen (secondary N) is 2. The standard InChI is InChI=1S/C10H12Cl2N2O2/c11-8-3-7(4-9(12)5-8)6-13-1-2-14-10(15)16/h3-5,13-14H,1-2,6H2,(H,15,16). The predicted molar refractivity (Wildman–Crippen MR) is 64.2 cm³/mol. The number of benzene rings is 1. The fourth-order valence-electron chi connectivity index (χ4n) is 1.20. The number of hydrogen-bond acceptors (Lipinski definition) is 2. The molecule has 0 saturated carbocycles. The number of hydrogen-bond donors (Lipinski definition) is 3. The first kappa shape index (κ1) is 13.1. The summed E-state index contributed by atoms with van der Waals surface area (Å²) < 4.78 is 0. The van der Waals surface area contributed by atoms with E-state index in [1.807, 2.05) is 12.1 Å². The van der Waals surface area contributed by atoms with Crippen LogP contribution in [0.5, 0.6) is 0 Å². The van der Waals surface area contributed by atoms with Crippen LogP contribution in [0.1, 0.15) is 5.56 Å². The maximum Gasteiger partial charge on any atom is 0.404 e. The Hall–Kier alpha value is -0.970. The van der Waals surface area contributed by atoms with Crippen LogP contribution in [0.2, 0.25) is 10.0 Å². The molecule has 0 aliphatic heterocycles. The molecule has 0 radical (unpaired) electrons. The number of amides is 1. The summed E-state index contributed by atoms with van der Waals surface area (Å²) in [6.07, 6.45) is -1.02. The van der Waals surface area contributed by atoms with Gasteiger partial charge in [0.05, 0.1) is 0 Å². The highest BCUT2D eigenvalue weighted by Crippen LogP contribution is 2.18. The summed E-state index contributed by atoms with van der Waals surface area (Å²) in [4.78, 5) is 10.1. The summed E-state index contributed by atoms with van der Waals surface area (Å²) in [5.74, 6) is 0. The summed E-state index contributed by atoms with van der Waals surface area (Å²) in [5, 5.41) is 14.8. The smallest absolute Gasteiger partial charge is 0.404 e. The van der Waals surface area contributed by atoms with Crippen molar-refractivity contribution in [2.24, 2.45) is 0 Å². The molecule has 0 bridgehead atoms. The van der Waals surface area contributed by atoms with Crippen molar-refractivity contribution < 1.29 is 9.90 Å². The molecule has 1 aromatic carbocycles. The zero-order valence-corrected chi connectivity index (χ0v) is 9.98. The van der Waals surface area contributed by atoms with E-state index in [2.05, 4.69) is 10.6 Å². The van der Waals surface area contributed by atoms with Gasteiger partial charge in [0.25, 0.3) is 0 Å². The van der Waals surface area contributed by atoms with Crippen molar-refractivity contribution in [1.82, 2.24) is 10.6 Å². The first-order valence-corrected chi connectivity index (χ1v) is 5.46. The third kappa shape index (κ3) is 5.21. The van der Waals surface area contributed by atoms with Crippen LogP contribution in [-0.2, 0) is 6.54 Å². The van der Waals surface area contributed by atoms with E-state index in [1.54, 1.807) is 6.07 Å². The molecule has 0 unspecified atom stereocenters. The largest absolute Gasteiger partial charge is 0.465 e. The lowest BCUT2D eigenvalue weighted by atomic mass is 10.2. The number of halogens is 2. The minimum atomic E-state index is -1.02.